The first-order chi connectivity index (χ1) is 11.4. The molecular weight excluding hydrogens is 336 g/mol. The van der Waals surface area contributed by atoms with Gasteiger partial charge in [0.05, 0.1) is 5.56 Å². The van der Waals surface area contributed by atoms with Crippen molar-refractivity contribution in [1.82, 2.24) is 20.1 Å². The van der Waals surface area contributed by atoms with Gasteiger partial charge in [0.25, 0.3) is 5.91 Å². The molecule has 3 rings (SSSR count). The van der Waals surface area contributed by atoms with Crippen LogP contribution in [0.2, 0.25) is 5.15 Å². The Balaban J connectivity index is 1.58. The van der Waals surface area contributed by atoms with Crippen molar-refractivity contribution >= 4 is 29.5 Å². The number of carbonyl (C=O) groups excluding carboxylic acids is 2. The van der Waals surface area contributed by atoms with Gasteiger partial charge in [-0.25, -0.2) is 9.78 Å². The van der Waals surface area contributed by atoms with Crippen molar-refractivity contribution in [2.24, 2.45) is 0 Å². The maximum atomic E-state index is 12.3. The van der Waals surface area contributed by atoms with Gasteiger partial charge >= 0.3 is 6.09 Å². The van der Waals surface area contributed by atoms with Gasteiger partial charge in [0.15, 0.2) is 0 Å². The van der Waals surface area contributed by atoms with Gasteiger partial charge in [-0.05, 0) is 18.1 Å². The van der Waals surface area contributed by atoms with Crippen molar-refractivity contribution < 1.29 is 19.5 Å². The molecule has 8 nitrogen and oxygen atoms in total. The molecule has 1 unspecified atom stereocenters. The minimum absolute atomic E-state index is 0.0557. The summed E-state index contributed by atoms with van der Waals surface area (Å²) in [6.07, 6.45) is 1.43. The van der Waals surface area contributed by atoms with Gasteiger partial charge in [0.1, 0.15) is 5.15 Å². The molecule has 24 heavy (non-hydrogen) atoms. The second kappa shape index (κ2) is 6.64. The number of hydrogen-bond acceptors (Lipinski definition) is 4. The predicted molar refractivity (Wildman–Crippen MR) is 84.8 cm³/mol. The molecule has 0 spiro atoms. The Hall–Kier alpha value is -2.35. The molecule has 0 aromatic carbocycles. The van der Waals surface area contributed by atoms with Gasteiger partial charge in [-0.3, -0.25) is 9.59 Å². The van der Waals surface area contributed by atoms with Crippen molar-refractivity contribution in [3.05, 3.63) is 28.5 Å². The number of pyridine rings is 1. The van der Waals surface area contributed by atoms with Crippen LogP contribution in [-0.2, 0) is 11.3 Å². The zero-order chi connectivity index (χ0) is 17.3. The van der Waals surface area contributed by atoms with Crippen LogP contribution in [0.5, 0.6) is 0 Å². The topological polar surface area (TPSA) is 103 Å². The second-order valence-corrected chi connectivity index (χ2v) is 6.31. The molecule has 1 aromatic heterocycles. The van der Waals surface area contributed by atoms with Crippen molar-refractivity contribution in [3.63, 3.8) is 0 Å². The fourth-order valence-corrected chi connectivity index (χ4v) is 3.19. The number of halogens is 1. The molecule has 3 amide bonds. The smallest absolute Gasteiger partial charge is 0.407 e. The summed E-state index contributed by atoms with van der Waals surface area (Å²) in [5.41, 5.74) is 1.30. The van der Waals surface area contributed by atoms with Gasteiger partial charge in [0.2, 0.25) is 5.91 Å². The number of fused-ring (bicyclic) bond motifs is 1. The van der Waals surface area contributed by atoms with Crippen LogP contribution < -0.4 is 5.32 Å². The average Bonchev–Trinajstić information content (AvgIpc) is 3.07. The largest absolute Gasteiger partial charge is 0.465 e. The highest BCUT2D eigenvalue weighted by Gasteiger charge is 2.30. The van der Waals surface area contributed by atoms with Crippen LogP contribution in [0.4, 0.5) is 4.79 Å². The lowest BCUT2D eigenvalue weighted by atomic mass is 10.2. The average molecular weight is 353 g/mol. The third-order valence-corrected chi connectivity index (χ3v) is 4.48. The number of amides is 3. The van der Waals surface area contributed by atoms with E-state index in [-0.39, 0.29) is 37.5 Å². The summed E-state index contributed by atoms with van der Waals surface area (Å²) >= 11 is 5.83. The molecule has 2 aliphatic heterocycles. The molecule has 1 saturated heterocycles. The van der Waals surface area contributed by atoms with E-state index < -0.39 is 6.09 Å². The van der Waals surface area contributed by atoms with Crippen molar-refractivity contribution in [2.75, 3.05) is 19.6 Å². The van der Waals surface area contributed by atoms with Crippen LogP contribution in [0.3, 0.4) is 0 Å². The van der Waals surface area contributed by atoms with Crippen LogP contribution in [-0.4, -0.2) is 63.5 Å². The molecule has 3 heterocycles. The van der Waals surface area contributed by atoms with Crippen LogP contribution in [0.1, 0.15) is 28.8 Å². The Labute approximate surface area is 143 Å². The van der Waals surface area contributed by atoms with Crippen LogP contribution in [0.25, 0.3) is 0 Å². The van der Waals surface area contributed by atoms with E-state index in [0.717, 1.165) is 5.56 Å². The van der Waals surface area contributed by atoms with E-state index in [2.05, 4.69) is 10.3 Å². The Morgan fingerprint density at radius 2 is 2.29 bits per heavy atom. The van der Waals surface area contributed by atoms with E-state index in [1.54, 1.807) is 11.0 Å². The van der Waals surface area contributed by atoms with Gasteiger partial charge < -0.3 is 20.2 Å². The normalized spacial score (nSPS) is 19.4. The van der Waals surface area contributed by atoms with Crippen LogP contribution >= 0.6 is 11.6 Å². The maximum Gasteiger partial charge on any atom is 0.407 e. The predicted octanol–water partition coefficient (Wildman–Crippen LogP) is 0.949. The Bertz CT molecular complexity index is 696. The monoisotopic (exact) mass is 352 g/mol. The Kier molecular flexibility index (Phi) is 4.57. The van der Waals surface area contributed by atoms with E-state index in [4.69, 9.17) is 11.6 Å². The van der Waals surface area contributed by atoms with Crippen LogP contribution in [0.15, 0.2) is 12.3 Å². The van der Waals surface area contributed by atoms with Gasteiger partial charge in [-0.2, -0.15) is 0 Å². The molecular formula is C15H17ClN4O4. The highest BCUT2D eigenvalue weighted by atomic mass is 35.5. The minimum atomic E-state index is -1.06. The highest BCUT2D eigenvalue weighted by molar-refractivity contribution is 6.29. The summed E-state index contributed by atoms with van der Waals surface area (Å²) in [7, 11) is 0. The molecule has 0 saturated carbocycles. The second-order valence-electron chi connectivity index (χ2n) is 5.92. The lowest BCUT2D eigenvalue weighted by Crippen LogP contribution is -2.44. The SMILES string of the molecule is O=C1CCC(CN(CCN2Cc3cc(Cl)ncc3C2=O)C(=O)O)N1. The summed E-state index contributed by atoms with van der Waals surface area (Å²) in [5.74, 6) is -0.228. The number of carbonyl (C=O) groups is 3. The molecule has 1 fully saturated rings. The molecule has 0 radical (unpaired) electrons. The fourth-order valence-electron chi connectivity index (χ4n) is 3.01. The van der Waals surface area contributed by atoms with Gasteiger partial charge in [-0.1, -0.05) is 11.6 Å². The molecule has 1 atom stereocenters. The van der Waals surface area contributed by atoms with Gasteiger partial charge in [-0.15, -0.1) is 0 Å². The van der Waals surface area contributed by atoms with E-state index in [0.29, 0.717) is 30.1 Å². The number of carboxylic acid groups (broad SMARTS) is 1. The Morgan fingerprint density at radius 1 is 1.50 bits per heavy atom. The molecule has 2 N–H and O–H groups in total. The lowest BCUT2D eigenvalue weighted by molar-refractivity contribution is -0.119. The zero-order valence-corrected chi connectivity index (χ0v) is 13.6. The number of rotatable bonds is 5. The van der Waals surface area contributed by atoms with Crippen molar-refractivity contribution in [1.29, 1.82) is 0 Å². The number of aromatic nitrogens is 1. The first kappa shape index (κ1) is 16.5. The lowest BCUT2D eigenvalue weighted by Gasteiger charge is -2.25. The molecule has 2 aliphatic rings. The summed E-state index contributed by atoms with van der Waals surface area (Å²) in [6, 6.07) is 1.49. The first-order valence-electron chi connectivity index (χ1n) is 7.65. The zero-order valence-electron chi connectivity index (χ0n) is 12.9. The van der Waals surface area contributed by atoms with E-state index >= 15 is 0 Å². The summed E-state index contributed by atoms with van der Waals surface area (Å²) in [4.78, 5) is 41.6. The van der Waals surface area contributed by atoms with Crippen LogP contribution in [0, 0.1) is 0 Å². The van der Waals surface area contributed by atoms with Gasteiger partial charge in [0, 0.05) is 44.8 Å². The molecule has 128 valence electrons. The number of nitrogens with zero attached hydrogens (tertiary/aromatic N) is 3. The summed E-state index contributed by atoms with van der Waals surface area (Å²) < 4.78 is 0. The third kappa shape index (κ3) is 3.43. The minimum Gasteiger partial charge on any atom is -0.465 e. The fraction of sp³-hybridized carbons (Fsp3) is 0.467. The molecule has 0 aliphatic carbocycles. The van der Waals surface area contributed by atoms with Crippen molar-refractivity contribution in [2.45, 2.75) is 25.4 Å². The molecule has 0 bridgehead atoms. The quantitative estimate of drug-likeness (QED) is 0.768. The van der Waals surface area contributed by atoms with E-state index in [1.807, 2.05) is 0 Å². The van der Waals surface area contributed by atoms with E-state index in [1.165, 1.54) is 11.1 Å². The first-order valence-corrected chi connectivity index (χ1v) is 8.03. The molecule has 9 heteroatoms. The number of nitrogens with one attached hydrogen (secondary N) is 1. The van der Waals surface area contributed by atoms with Crippen molar-refractivity contribution in [3.8, 4) is 0 Å². The summed E-state index contributed by atoms with van der Waals surface area (Å²) in [6.45, 7) is 1.08. The number of hydrogen-bond donors (Lipinski definition) is 2. The maximum absolute atomic E-state index is 12.3. The molecule has 1 aromatic rings. The summed E-state index contributed by atoms with van der Waals surface area (Å²) in [5, 5.41) is 12.4. The third-order valence-electron chi connectivity index (χ3n) is 4.27. The standard InChI is InChI=1S/C15H17ClN4O4/c16-12-5-9-7-19(14(22)11(9)6-17-12)3-4-20(15(23)24)8-10-1-2-13(21)18-10/h5-6,10H,1-4,7-8H2,(H,18,21)(H,23,24). The Morgan fingerprint density at radius 3 is 2.96 bits per heavy atom. The van der Waals surface area contributed by atoms with E-state index in [9.17, 15) is 19.5 Å². The highest BCUT2D eigenvalue weighted by Crippen LogP contribution is 2.24.